The molecule has 0 heterocycles. The number of hydrogen-bond acceptors (Lipinski definition) is 12. The van der Waals surface area contributed by atoms with E-state index in [0.717, 1.165) is 12.8 Å². The molecule has 0 aliphatic heterocycles. The van der Waals surface area contributed by atoms with Gasteiger partial charge >= 0.3 is 5.97 Å². The Labute approximate surface area is 254 Å². The molecule has 0 bridgehead atoms. The Balaban J connectivity index is 3.09. The van der Waals surface area contributed by atoms with Gasteiger partial charge in [0.25, 0.3) is 0 Å². The third kappa shape index (κ3) is 37.1. The van der Waals surface area contributed by atoms with Crippen molar-refractivity contribution in [1.82, 2.24) is 0 Å². The van der Waals surface area contributed by atoms with E-state index in [0.29, 0.717) is 132 Å². The van der Waals surface area contributed by atoms with Gasteiger partial charge in [0.1, 0.15) is 6.61 Å². The number of ether oxygens (including phenoxy) is 10. The van der Waals surface area contributed by atoms with E-state index in [2.05, 4.69) is 6.92 Å². The molecule has 252 valence electrons. The Morgan fingerprint density at radius 3 is 1.02 bits per heavy atom. The van der Waals surface area contributed by atoms with Crippen molar-refractivity contribution in [3.05, 3.63) is 0 Å². The fourth-order valence-corrected chi connectivity index (χ4v) is 3.46. The van der Waals surface area contributed by atoms with Gasteiger partial charge in [-0.05, 0) is 6.42 Å². The lowest BCUT2D eigenvalue weighted by atomic mass is 10.1. The van der Waals surface area contributed by atoms with Crippen molar-refractivity contribution < 1.29 is 52.2 Å². The molecule has 0 unspecified atom stereocenters. The fourth-order valence-electron chi connectivity index (χ4n) is 3.46. The molecule has 0 atom stereocenters. The van der Waals surface area contributed by atoms with E-state index < -0.39 is 0 Å². The van der Waals surface area contributed by atoms with Crippen molar-refractivity contribution in [2.75, 3.05) is 132 Å². The molecule has 0 saturated carbocycles. The van der Waals surface area contributed by atoms with Gasteiger partial charge < -0.3 is 53.1 Å². The number of esters is 1. The summed E-state index contributed by atoms with van der Waals surface area (Å²) in [7, 11) is 0. The third-order valence-electron chi connectivity index (χ3n) is 5.71. The molecule has 0 aromatic rings. The molecular weight excluding hydrogens is 550 g/mol. The van der Waals surface area contributed by atoms with Crippen LogP contribution in [0.5, 0.6) is 0 Å². The Morgan fingerprint density at radius 2 is 0.690 bits per heavy atom. The lowest BCUT2D eigenvalue weighted by molar-refractivity contribution is -0.145. The summed E-state index contributed by atoms with van der Waals surface area (Å²) in [5.74, 6) is -0.139. The molecule has 0 aromatic carbocycles. The molecule has 12 nitrogen and oxygen atoms in total. The summed E-state index contributed by atoms with van der Waals surface area (Å²) in [6.07, 6.45) is 8.81. The van der Waals surface area contributed by atoms with Crippen molar-refractivity contribution in [3.63, 3.8) is 0 Å². The van der Waals surface area contributed by atoms with Crippen LogP contribution in [0.2, 0.25) is 0 Å². The lowest BCUT2D eigenvalue weighted by Gasteiger charge is -2.09. The lowest BCUT2D eigenvalue weighted by Crippen LogP contribution is -2.15. The van der Waals surface area contributed by atoms with E-state index in [1.165, 1.54) is 32.1 Å². The highest BCUT2D eigenvalue weighted by Gasteiger charge is 2.02. The van der Waals surface area contributed by atoms with Crippen LogP contribution in [0.1, 0.15) is 58.3 Å². The molecule has 12 heteroatoms. The van der Waals surface area contributed by atoms with E-state index >= 15 is 0 Å². The van der Waals surface area contributed by atoms with Gasteiger partial charge in [-0.1, -0.05) is 45.4 Å². The first-order valence-corrected chi connectivity index (χ1v) is 15.9. The number of rotatable bonds is 37. The smallest absolute Gasteiger partial charge is 0.305 e. The number of unbranched alkanes of at least 4 members (excludes halogenated alkanes) is 6. The molecule has 0 rings (SSSR count). The Kier molecular flexibility index (Phi) is 37.3. The first-order valence-electron chi connectivity index (χ1n) is 15.9. The standard InChI is InChI=1S/C30H61NO11/c1-2-3-4-5-6-7-8-9-30(32)42-29-28-41-27-26-40-25-24-39-23-22-38-21-20-37-19-18-36-17-16-35-15-14-34-13-12-33-11-10-31/h2-29,31H2,1H3. The topological polar surface area (TPSA) is 135 Å². The monoisotopic (exact) mass is 611 g/mol. The summed E-state index contributed by atoms with van der Waals surface area (Å²) >= 11 is 0. The third-order valence-corrected chi connectivity index (χ3v) is 5.71. The zero-order chi connectivity index (χ0) is 30.4. The minimum atomic E-state index is -0.139. The predicted molar refractivity (Wildman–Crippen MR) is 160 cm³/mol. The van der Waals surface area contributed by atoms with Crippen LogP contribution in [0.4, 0.5) is 0 Å². The number of hydrogen-bond donors (Lipinski definition) is 1. The summed E-state index contributed by atoms with van der Waals surface area (Å²) in [6, 6.07) is 0. The minimum Gasteiger partial charge on any atom is -0.463 e. The molecule has 0 spiro atoms. The van der Waals surface area contributed by atoms with E-state index in [1.807, 2.05) is 0 Å². The molecule has 0 radical (unpaired) electrons. The quantitative estimate of drug-likeness (QED) is 0.0817. The van der Waals surface area contributed by atoms with Crippen LogP contribution in [0.15, 0.2) is 0 Å². The molecular formula is C30H61NO11. The summed E-state index contributed by atoms with van der Waals surface area (Å²) in [6.45, 7) is 12.1. The van der Waals surface area contributed by atoms with E-state index in [1.54, 1.807) is 0 Å². The first-order chi connectivity index (χ1) is 20.8. The molecule has 0 aliphatic rings. The first kappa shape index (κ1) is 41.1. The second kappa shape index (κ2) is 38.1. The molecule has 0 saturated heterocycles. The molecule has 0 aliphatic carbocycles. The molecule has 0 amide bonds. The zero-order valence-corrected chi connectivity index (χ0v) is 26.4. The Hall–Kier alpha value is -0.930. The van der Waals surface area contributed by atoms with Crippen molar-refractivity contribution in [1.29, 1.82) is 0 Å². The second-order valence-corrected chi connectivity index (χ2v) is 9.39. The van der Waals surface area contributed by atoms with Crippen LogP contribution < -0.4 is 5.73 Å². The molecule has 42 heavy (non-hydrogen) atoms. The van der Waals surface area contributed by atoms with Gasteiger partial charge in [-0.15, -0.1) is 0 Å². The Bertz CT molecular complexity index is 518. The van der Waals surface area contributed by atoms with Gasteiger partial charge in [0, 0.05) is 13.0 Å². The van der Waals surface area contributed by atoms with Gasteiger partial charge in [-0.3, -0.25) is 4.79 Å². The number of carbonyl (C=O) groups is 1. The minimum absolute atomic E-state index is 0.139. The zero-order valence-electron chi connectivity index (χ0n) is 26.4. The fraction of sp³-hybridized carbons (Fsp3) is 0.967. The average Bonchev–Trinajstić information content (AvgIpc) is 2.99. The molecule has 0 fully saturated rings. The van der Waals surface area contributed by atoms with Crippen molar-refractivity contribution >= 4 is 5.97 Å². The Morgan fingerprint density at radius 1 is 0.405 bits per heavy atom. The molecule has 2 N–H and O–H groups in total. The highest BCUT2D eigenvalue weighted by Crippen LogP contribution is 2.08. The normalized spacial score (nSPS) is 11.4. The maximum Gasteiger partial charge on any atom is 0.305 e. The van der Waals surface area contributed by atoms with Crippen molar-refractivity contribution in [3.8, 4) is 0 Å². The van der Waals surface area contributed by atoms with Gasteiger partial charge in [-0.2, -0.15) is 0 Å². The maximum absolute atomic E-state index is 11.7. The van der Waals surface area contributed by atoms with Crippen LogP contribution in [-0.4, -0.2) is 138 Å². The average molecular weight is 612 g/mol. The van der Waals surface area contributed by atoms with Crippen LogP contribution in [0, 0.1) is 0 Å². The second-order valence-electron chi connectivity index (χ2n) is 9.39. The summed E-state index contributed by atoms with van der Waals surface area (Å²) in [5, 5.41) is 0. The largest absolute Gasteiger partial charge is 0.463 e. The maximum atomic E-state index is 11.7. The van der Waals surface area contributed by atoms with Gasteiger partial charge in [0.15, 0.2) is 0 Å². The summed E-state index contributed by atoms with van der Waals surface area (Å²) in [4.78, 5) is 11.7. The summed E-state index contributed by atoms with van der Waals surface area (Å²) in [5.41, 5.74) is 5.33. The number of nitrogens with two attached hydrogens (primary N) is 1. The SMILES string of the molecule is CCCCCCCCCC(=O)OCCOCCOCCOCCOCCOCCOCCOCCOCCOCCN. The molecule has 0 aromatic heterocycles. The predicted octanol–water partition coefficient (Wildman–Crippen LogP) is 2.78. The van der Waals surface area contributed by atoms with Gasteiger partial charge in [-0.25, -0.2) is 0 Å². The van der Waals surface area contributed by atoms with Crippen molar-refractivity contribution in [2.24, 2.45) is 5.73 Å². The van der Waals surface area contributed by atoms with Crippen LogP contribution in [0.25, 0.3) is 0 Å². The van der Waals surface area contributed by atoms with E-state index in [-0.39, 0.29) is 12.6 Å². The van der Waals surface area contributed by atoms with Gasteiger partial charge in [0.05, 0.1) is 119 Å². The van der Waals surface area contributed by atoms with E-state index in [4.69, 9.17) is 53.1 Å². The highest BCUT2D eigenvalue weighted by atomic mass is 16.6. The van der Waals surface area contributed by atoms with Gasteiger partial charge in [0.2, 0.25) is 0 Å². The van der Waals surface area contributed by atoms with Crippen molar-refractivity contribution in [2.45, 2.75) is 58.3 Å². The van der Waals surface area contributed by atoms with Crippen LogP contribution in [-0.2, 0) is 52.2 Å². The highest BCUT2D eigenvalue weighted by molar-refractivity contribution is 5.69. The van der Waals surface area contributed by atoms with Crippen LogP contribution >= 0.6 is 0 Å². The summed E-state index contributed by atoms with van der Waals surface area (Å²) < 4.78 is 53.9. The number of carbonyl (C=O) groups excluding carboxylic acids is 1. The van der Waals surface area contributed by atoms with Crippen LogP contribution in [0.3, 0.4) is 0 Å². The van der Waals surface area contributed by atoms with E-state index in [9.17, 15) is 4.79 Å².